The molecule has 0 bridgehead atoms. The van der Waals surface area contributed by atoms with Gasteiger partial charge in [-0.05, 0) is 19.9 Å². The van der Waals surface area contributed by atoms with E-state index in [-0.39, 0.29) is 11.5 Å². The second-order valence-corrected chi connectivity index (χ2v) is 6.32. The molecule has 0 spiro atoms. The molecule has 0 saturated carbocycles. The highest BCUT2D eigenvalue weighted by Gasteiger charge is 2.07. The van der Waals surface area contributed by atoms with Crippen LogP contribution in [0.2, 0.25) is 0 Å². The van der Waals surface area contributed by atoms with Crippen molar-refractivity contribution in [3.05, 3.63) is 23.2 Å². The van der Waals surface area contributed by atoms with Crippen LogP contribution in [0.3, 0.4) is 0 Å². The summed E-state index contributed by atoms with van der Waals surface area (Å²) in [5.74, 6) is 2.18. The highest BCUT2D eigenvalue weighted by atomic mass is 32.2. The Morgan fingerprint density at radius 2 is 2.06 bits per heavy atom. The van der Waals surface area contributed by atoms with Gasteiger partial charge in [-0.2, -0.15) is 0 Å². The van der Waals surface area contributed by atoms with Crippen molar-refractivity contribution in [1.82, 2.24) is 5.32 Å². The third-order valence-corrected chi connectivity index (χ3v) is 4.19. The van der Waals surface area contributed by atoms with Crippen LogP contribution in [0.5, 0.6) is 0 Å². The summed E-state index contributed by atoms with van der Waals surface area (Å²) in [5.41, 5.74) is 1.09. The van der Waals surface area contributed by atoms with Crippen molar-refractivity contribution in [3.8, 4) is 0 Å². The minimum absolute atomic E-state index is 0.194. The molecule has 0 aromatic carbocycles. The van der Waals surface area contributed by atoms with E-state index < -0.39 is 9.84 Å². The first-order valence-electron chi connectivity index (χ1n) is 5.41. The Labute approximate surface area is 97.0 Å². The van der Waals surface area contributed by atoms with E-state index in [0.29, 0.717) is 13.1 Å². The van der Waals surface area contributed by atoms with Crippen LogP contribution in [0.25, 0.3) is 0 Å². The Hall–Kier alpha value is -0.810. The smallest absolute Gasteiger partial charge is 0.151 e. The van der Waals surface area contributed by atoms with E-state index in [0.717, 1.165) is 17.1 Å². The molecule has 0 fully saturated rings. The zero-order chi connectivity index (χ0) is 12.2. The fourth-order valence-electron chi connectivity index (χ4n) is 1.45. The minimum Gasteiger partial charge on any atom is -0.466 e. The summed E-state index contributed by atoms with van der Waals surface area (Å²) in [5, 5.41) is 3.11. The Morgan fingerprint density at radius 1 is 1.38 bits per heavy atom. The monoisotopic (exact) mass is 245 g/mol. The SMILES string of the molecule is CCS(=O)(=O)CCNCc1cc(C)oc1C. The predicted octanol–water partition coefficient (Wildman–Crippen LogP) is 1.42. The molecule has 0 radical (unpaired) electrons. The molecular weight excluding hydrogens is 226 g/mol. The van der Waals surface area contributed by atoms with Gasteiger partial charge in [-0.3, -0.25) is 0 Å². The fourth-order valence-corrected chi connectivity index (χ4v) is 2.20. The first-order valence-corrected chi connectivity index (χ1v) is 7.24. The lowest BCUT2D eigenvalue weighted by atomic mass is 10.2. The summed E-state index contributed by atoms with van der Waals surface area (Å²) in [4.78, 5) is 0. The van der Waals surface area contributed by atoms with Crippen molar-refractivity contribution in [2.75, 3.05) is 18.1 Å². The highest BCUT2D eigenvalue weighted by molar-refractivity contribution is 7.91. The molecule has 0 amide bonds. The van der Waals surface area contributed by atoms with Gasteiger partial charge in [-0.15, -0.1) is 0 Å². The first-order chi connectivity index (χ1) is 7.44. The standard InChI is InChI=1S/C11H19NO3S/c1-4-16(13,14)6-5-12-8-11-7-9(2)15-10(11)3/h7,12H,4-6,8H2,1-3H3. The maximum Gasteiger partial charge on any atom is 0.151 e. The number of rotatable bonds is 6. The quantitative estimate of drug-likeness (QED) is 0.770. The molecule has 1 rings (SSSR count). The van der Waals surface area contributed by atoms with Gasteiger partial charge < -0.3 is 9.73 Å². The Bertz CT molecular complexity index is 434. The molecule has 0 unspecified atom stereocenters. The number of hydrogen-bond acceptors (Lipinski definition) is 4. The zero-order valence-corrected chi connectivity index (χ0v) is 10.9. The molecule has 1 aromatic heterocycles. The summed E-state index contributed by atoms with van der Waals surface area (Å²) < 4.78 is 27.8. The molecule has 1 aromatic rings. The highest BCUT2D eigenvalue weighted by Crippen LogP contribution is 2.12. The second kappa shape index (κ2) is 5.50. The van der Waals surface area contributed by atoms with E-state index in [1.54, 1.807) is 6.92 Å². The van der Waals surface area contributed by atoms with Gasteiger partial charge >= 0.3 is 0 Å². The molecule has 5 heteroatoms. The van der Waals surface area contributed by atoms with Crippen LogP contribution in [0, 0.1) is 13.8 Å². The Kier molecular flexibility index (Phi) is 4.56. The number of sulfone groups is 1. The van der Waals surface area contributed by atoms with Gasteiger partial charge in [0.25, 0.3) is 0 Å². The fraction of sp³-hybridized carbons (Fsp3) is 0.636. The predicted molar refractivity (Wildman–Crippen MR) is 64.2 cm³/mol. The summed E-state index contributed by atoms with van der Waals surface area (Å²) in [6.45, 7) is 6.62. The van der Waals surface area contributed by atoms with Gasteiger partial charge in [0.1, 0.15) is 11.5 Å². The average Bonchev–Trinajstić information content (AvgIpc) is 2.52. The normalized spacial score (nSPS) is 11.9. The van der Waals surface area contributed by atoms with Crippen LogP contribution in [-0.2, 0) is 16.4 Å². The molecule has 0 aliphatic heterocycles. The van der Waals surface area contributed by atoms with Gasteiger partial charge in [-0.1, -0.05) is 6.92 Å². The third-order valence-electron chi connectivity index (χ3n) is 2.49. The van der Waals surface area contributed by atoms with Crippen molar-refractivity contribution in [2.24, 2.45) is 0 Å². The zero-order valence-electron chi connectivity index (χ0n) is 10.0. The van der Waals surface area contributed by atoms with Crippen LogP contribution in [0.4, 0.5) is 0 Å². The van der Waals surface area contributed by atoms with E-state index >= 15 is 0 Å². The molecule has 16 heavy (non-hydrogen) atoms. The Morgan fingerprint density at radius 3 is 2.56 bits per heavy atom. The van der Waals surface area contributed by atoms with E-state index in [4.69, 9.17) is 4.42 Å². The van der Waals surface area contributed by atoms with Crippen molar-refractivity contribution < 1.29 is 12.8 Å². The molecule has 0 saturated heterocycles. The molecular formula is C11H19NO3S. The second-order valence-electron chi connectivity index (χ2n) is 3.85. The van der Waals surface area contributed by atoms with Gasteiger partial charge in [0.2, 0.25) is 0 Å². The summed E-state index contributed by atoms with van der Waals surface area (Å²) in [6, 6.07) is 1.97. The van der Waals surface area contributed by atoms with Crippen molar-refractivity contribution >= 4 is 9.84 Å². The molecule has 1 heterocycles. The lowest BCUT2D eigenvalue weighted by Crippen LogP contribution is -2.23. The van der Waals surface area contributed by atoms with Crippen molar-refractivity contribution in [3.63, 3.8) is 0 Å². The topological polar surface area (TPSA) is 59.3 Å². The third kappa shape index (κ3) is 3.98. The first kappa shape index (κ1) is 13.3. The summed E-state index contributed by atoms with van der Waals surface area (Å²) >= 11 is 0. The van der Waals surface area contributed by atoms with E-state index in [2.05, 4.69) is 5.32 Å². The molecule has 92 valence electrons. The Balaban J connectivity index is 2.34. The lowest BCUT2D eigenvalue weighted by Gasteiger charge is -2.03. The molecule has 0 aliphatic rings. The van der Waals surface area contributed by atoms with Gasteiger partial charge in [0.05, 0.1) is 5.75 Å². The van der Waals surface area contributed by atoms with Gasteiger partial charge in [0, 0.05) is 24.4 Å². The summed E-state index contributed by atoms with van der Waals surface area (Å²) in [7, 11) is -2.86. The van der Waals surface area contributed by atoms with Crippen LogP contribution in [0.1, 0.15) is 24.0 Å². The van der Waals surface area contributed by atoms with Crippen molar-refractivity contribution in [1.29, 1.82) is 0 Å². The molecule has 1 N–H and O–H groups in total. The van der Waals surface area contributed by atoms with Crippen molar-refractivity contribution in [2.45, 2.75) is 27.3 Å². The maximum absolute atomic E-state index is 11.2. The largest absolute Gasteiger partial charge is 0.466 e. The number of aryl methyl sites for hydroxylation is 2. The lowest BCUT2D eigenvalue weighted by molar-refractivity contribution is 0.499. The number of hydrogen-bond donors (Lipinski definition) is 1. The number of nitrogens with one attached hydrogen (secondary N) is 1. The molecule has 0 atom stereocenters. The van der Waals surface area contributed by atoms with E-state index in [1.807, 2.05) is 19.9 Å². The van der Waals surface area contributed by atoms with Crippen LogP contribution in [-0.4, -0.2) is 26.5 Å². The maximum atomic E-state index is 11.2. The van der Waals surface area contributed by atoms with Crippen LogP contribution < -0.4 is 5.32 Å². The average molecular weight is 245 g/mol. The van der Waals surface area contributed by atoms with E-state index in [1.165, 1.54) is 0 Å². The molecule has 4 nitrogen and oxygen atoms in total. The van der Waals surface area contributed by atoms with Crippen LogP contribution in [0.15, 0.2) is 10.5 Å². The number of furan rings is 1. The van der Waals surface area contributed by atoms with E-state index in [9.17, 15) is 8.42 Å². The summed E-state index contributed by atoms with van der Waals surface area (Å²) in [6.07, 6.45) is 0. The van der Waals surface area contributed by atoms with Gasteiger partial charge in [-0.25, -0.2) is 8.42 Å². The molecule has 0 aliphatic carbocycles. The minimum atomic E-state index is -2.86. The van der Waals surface area contributed by atoms with Crippen LogP contribution >= 0.6 is 0 Å². The van der Waals surface area contributed by atoms with Gasteiger partial charge in [0.15, 0.2) is 9.84 Å².